The molecule has 0 spiro atoms. The summed E-state index contributed by atoms with van der Waals surface area (Å²) in [6.45, 7) is 3.79. The van der Waals surface area contributed by atoms with E-state index in [-0.39, 0.29) is 11.4 Å². The summed E-state index contributed by atoms with van der Waals surface area (Å²) >= 11 is 0. The molecule has 2 aromatic rings. The number of hydrogen-bond donors (Lipinski definition) is 2. The van der Waals surface area contributed by atoms with Crippen molar-refractivity contribution in [2.24, 2.45) is 5.73 Å². The number of aryl methyl sites for hydroxylation is 2. The zero-order chi connectivity index (χ0) is 14.0. The van der Waals surface area contributed by atoms with Gasteiger partial charge in [-0.05, 0) is 18.9 Å². The molecule has 0 atom stereocenters. The highest BCUT2D eigenvalue weighted by Gasteiger charge is 2.14. The van der Waals surface area contributed by atoms with Crippen LogP contribution < -0.4 is 11.5 Å². The number of amides is 1. The highest BCUT2D eigenvalue weighted by atomic mass is 16.1. The van der Waals surface area contributed by atoms with Crippen LogP contribution in [0.5, 0.6) is 0 Å². The van der Waals surface area contributed by atoms with Crippen molar-refractivity contribution in [1.29, 1.82) is 0 Å². The summed E-state index contributed by atoms with van der Waals surface area (Å²) in [5.74, 6) is 0.0140. The molecule has 0 bridgehead atoms. The van der Waals surface area contributed by atoms with E-state index in [1.54, 1.807) is 6.92 Å². The molecule has 0 aliphatic carbocycles. The number of rotatable bonds is 3. The van der Waals surface area contributed by atoms with Crippen LogP contribution in [0.1, 0.15) is 28.5 Å². The van der Waals surface area contributed by atoms with Crippen LogP contribution in [0.25, 0.3) is 11.4 Å². The molecule has 0 fully saturated rings. The van der Waals surface area contributed by atoms with Crippen LogP contribution in [-0.2, 0) is 6.42 Å². The molecular formula is C14H16N4O. The summed E-state index contributed by atoms with van der Waals surface area (Å²) in [7, 11) is 0. The first-order chi connectivity index (χ1) is 9.02. The largest absolute Gasteiger partial charge is 0.383 e. The van der Waals surface area contributed by atoms with Crippen molar-refractivity contribution in [2.45, 2.75) is 20.3 Å². The topological polar surface area (TPSA) is 94.9 Å². The second-order valence-corrected chi connectivity index (χ2v) is 4.31. The number of carbonyl (C=O) groups is 1. The Kier molecular flexibility index (Phi) is 3.46. The first-order valence-electron chi connectivity index (χ1n) is 6.06. The summed E-state index contributed by atoms with van der Waals surface area (Å²) in [6, 6.07) is 7.92. The standard InChI is InChI=1S/C14H16N4O/c1-3-9-4-6-10(7-5-9)14-17-8(2)11(13(16)19)12(15)18-14/h4-7H,3H2,1-2H3,(H2,16,19)(H2,15,17,18). The van der Waals surface area contributed by atoms with Crippen molar-refractivity contribution in [3.8, 4) is 11.4 Å². The van der Waals surface area contributed by atoms with Gasteiger partial charge in [-0.3, -0.25) is 4.79 Å². The minimum atomic E-state index is -0.608. The van der Waals surface area contributed by atoms with Gasteiger partial charge in [-0.1, -0.05) is 31.2 Å². The average Bonchev–Trinajstić information content (AvgIpc) is 2.37. The molecule has 98 valence electrons. The molecule has 1 aromatic carbocycles. The quantitative estimate of drug-likeness (QED) is 0.873. The molecule has 0 unspecified atom stereocenters. The predicted octanol–water partition coefficient (Wildman–Crippen LogP) is 1.70. The van der Waals surface area contributed by atoms with Crippen LogP contribution in [0.4, 0.5) is 5.82 Å². The highest BCUT2D eigenvalue weighted by Crippen LogP contribution is 2.20. The van der Waals surface area contributed by atoms with Crippen LogP contribution in [0.3, 0.4) is 0 Å². The van der Waals surface area contributed by atoms with E-state index in [0.29, 0.717) is 11.5 Å². The van der Waals surface area contributed by atoms with E-state index in [4.69, 9.17) is 11.5 Å². The number of aromatic nitrogens is 2. The van der Waals surface area contributed by atoms with E-state index in [0.717, 1.165) is 12.0 Å². The molecule has 2 rings (SSSR count). The molecular weight excluding hydrogens is 240 g/mol. The van der Waals surface area contributed by atoms with Gasteiger partial charge in [0.15, 0.2) is 5.82 Å². The lowest BCUT2D eigenvalue weighted by Crippen LogP contribution is -2.17. The van der Waals surface area contributed by atoms with E-state index < -0.39 is 5.91 Å². The molecule has 19 heavy (non-hydrogen) atoms. The van der Waals surface area contributed by atoms with E-state index >= 15 is 0 Å². The van der Waals surface area contributed by atoms with Gasteiger partial charge in [0, 0.05) is 5.56 Å². The third-order valence-corrected chi connectivity index (χ3v) is 2.98. The third kappa shape index (κ3) is 2.54. The van der Waals surface area contributed by atoms with Crippen LogP contribution in [0.2, 0.25) is 0 Å². The fraction of sp³-hybridized carbons (Fsp3) is 0.214. The van der Waals surface area contributed by atoms with E-state index in [1.165, 1.54) is 5.56 Å². The summed E-state index contributed by atoms with van der Waals surface area (Å²) in [5, 5.41) is 0. The van der Waals surface area contributed by atoms with Crippen molar-refractivity contribution in [2.75, 3.05) is 5.73 Å². The number of primary amides is 1. The maximum absolute atomic E-state index is 11.2. The number of carbonyl (C=O) groups excluding carboxylic acids is 1. The SMILES string of the molecule is CCc1ccc(-c2nc(C)c(C(N)=O)c(N)n2)cc1. The highest BCUT2D eigenvalue weighted by molar-refractivity contribution is 5.98. The van der Waals surface area contributed by atoms with Crippen LogP contribution in [-0.4, -0.2) is 15.9 Å². The minimum Gasteiger partial charge on any atom is -0.383 e. The Balaban J connectivity index is 2.48. The number of nitrogen functional groups attached to an aromatic ring is 1. The summed E-state index contributed by atoms with van der Waals surface area (Å²) in [6.07, 6.45) is 0.975. The van der Waals surface area contributed by atoms with Gasteiger partial charge in [-0.25, -0.2) is 9.97 Å². The van der Waals surface area contributed by atoms with Gasteiger partial charge in [0.25, 0.3) is 5.91 Å². The van der Waals surface area contributed by atoms with Gasteiger partial charge in [0.1, 0.15) is 11.4 Å². The van der Waals surface area contributed by atoms with Gasteiger partial charge >= 0.3 is 0 Å². The van der Waals surface area contributed by atoms with Gasteiger partial charge in [0.05, 0.1) is 5.69 Å². The molecule has 0 saturated carbocycles. The van der Waals surface area contributed by atoms with Crippen LogP contribution >= 0.6 is 0 Å². The van der Waals surface area contributed by atoms with Crippen molar-refractivity contribution in [3.05, 3.63) is 41.1 Å². The van der Waals surface area contributed by atoms with Gasteiger partial charge in [0.2, 0.25) is 0 Å². The van der Waals surface area contributed by atoms with E-state index in [9.17, 15) is 4.79 Å². The minimum absolute atomic E-state index is 0.120. The number of hydrogen-bond acceptors (Lipinski definition) is 4. The number of benzene rings is 1. The fourth-order valence-electron chi connectivity index (χ4n) is 1.92. The Morgan fingerprint density at radius 1 is 1.21 bits per heavy atom. The summed E-state index contributed by atoms with van der Waals surface area (Å²) in [4.78, 5) is 19.7. The van der Waals surface area contributed by atoms with E-state index in [2.05, 4.69) is 16.9 Å². The second-order valence-electron chi connectivity index (χ2n) is 4.31. The first-order valence-corrected chi connectivity index (χ1v) is 6.06. The zero-order valence-corrected chi connectivity index (χ0v) is 11.0. The van der Waals surface area contributed by atoms with Crippen LogP contribution in [0.15, 0.2) is 24.3 Å². The van der Waals surface area contributed by atoms with Crippen molar-refractivity contribution >= 4 is 11.7 Å². The Bertz CT molecular complexity index is 597. The number of anilines is 1. The van der Waals surface area contributed by atoms with Gasteiger partial charge < -0.3 is 11.5 Å². The second kappa shape index (κ2) is 5.06. The number of nitrogens with two attached hydrogens (primary N) is 2. The van der Waals surface area contributed by atoms with Crippen LogP contribution in [0, 0.1) is 6.92 Å². The summed E-state index contributed by atoms with van der Waals surface area (Å²) in [5.41, 5.74) is 13.8. The monoisotopic (exact) mass is 256 g/mol. The first kappa shape index (κ1) is 13.0. The normalized spacial score (nSPS) is 10.4. The van der Waals surface area contributed by atoms with Gasteiger partial charge in [-0.15, -0.1) is 0 Å². The zero-order valence-electron chi connectivity index (χ0n) is 11.0. The molecule has 4 N–H and O–H groups in total. The predicted molar refractivity (Wildman–Crippen MR) is 74.5 cm³/mol. The number of nitrogens with zero attached hydrogens (tertiary/aromatic N) is 2. The molecule has 0 radical (unpaired) electrons. The lowest BCUT2D eigenvalue weighted by atomic mass is 10.1. The molecule has 5 heteroatoms. The lowest BCUT2D eigenvalue weighted by molar-refractivity contribution is 0.1000. The summed E-state index contributed by atoms with van der Waals surface area (Å²) < 4.78 is 0. The maximum Gasteiger partial charge on any atom is 0.254 e. The Hall–Kier alpha value is -2.43. The average molecular weight is 256 g/mol. The van der Waals surface area contributed by atoms with Gasteiger partial charge in [-0.2, -0.15) is 0 Å². The van der Waals surface area contributed by atoms with Crippen molar-refractivity contribution in [3.63, 3.8) is 0 Å². The molecule has 5 nitrogen and oxygen atoms in total. The Morgan fingerprint density at radius 3 is 2.32 bits per heavy atom. The Morgan fingerprint density at radius 2 is 1.84 bits per heavy atom. The molecule has 1 aromatic heterocycles. The van der Waals surface area contributed by atoms with Crippen molar-refractivity contribution < 1.29 is 4.79 Å². The Labute approximate surface area is 111 Å². The maximum atomic E-state index is 11.2. The fourth-order valence-corrected chi connectivity index (χ4v) is 1.92. The third-order valence-electron chi connectivity index (χ3n) is 2.98. The molecule has 0 saturated heterocycles. The molecule has 0 aliphatic rings. The molecule has 0 aliphatic heterocycles. The van der Waals surface area contributed by atoms with E-state index in [1.807, 2.05) is 24.3 Å². The lowest BCUT2D eigenvalue weighted by Gasteiger charge is -2.08. The van der Waals surface area contributed by atoms with Crippen molar-refractivity contribution in [1.82, 2.24) is 9.97 Å². The smallest absolute Gasteiger partial charge is 0.254 e. The molecule has 1 heterocycles. The molecule has 1 amide bonds.